The highest BCUT2D eigenvalue weighted by molar-refractivity contribution is 8.43. The monoisotopic (exact) mass is 183 g/mol. The molecular weight excluding hydrogens is 177 g/mol. The molecule has 0 fully saturated rings. The van der Waals surface area contributed by atoms with E-state index in [0.29, 0.717) is 5.69 Å². The van der Waals surface area contributed by atoms with Crippen LogP contribution in [0.15, 0.2) is 34.2 Å². The molecule has 11 heavy (non-hydrogen) atoms. The van der Waals surface area contributed by atoms with Crippen LogP contribution in [0, 0.1) is 0 Å². The molecule has 0 bridgehead atoms. The maximum Gasteiger partial charge on any atom is 0.240 e. The zero-order chi connectivity index (χ0) is 8.10. The van der Waals surface area contributed by atoms with Crippen LogP contribution in [-0.4, -0.2) is 6.08 Å². The van der Waals surface area contributed by atoms with E-state index in [1.807, 2.05) is 12.1 Å². The molecule has 0 aliphatic carbocycles. The van der Waals surface area contributed by atoms with Gasteiger partial charge in [-0.3, -0.25) is 0 Å². The molecule has 0 amide bonds. The van der Waals surface area contributed by atoms with Gasteiger partial charge >= 0.3 is 0 Å². The Morgan fingerprint density at radius 1 is 1.36 bits per heavy atom. The van der Waals surface area contributed by atoms with Gasteiger partial charge in [0.25, 0.3) is 0 Å². The SMILES string of the molecule is O=C=Nc1ccc(SP)cc1. The summed E-state index contributed by atoms with van der Waals surface area (Å²) in [4.78, 5) is 14.4. The molecule has 2 nitrogen and oxygen atoms in total. The van der Waals surface area contributed by atoms with Crippen LogP contribution in [0.2, 0.25) is 0 Å². The van der Waals surface area contributed by atoms with Gasteiger partial charge in [-0.15, -0.1) is 11.4 Å². The summed E-state index contributed by atoms with van der Waals surface area (Å²) in [7, 11) is 2.55. The zero-order valence-electron chi connectivity index (χ0n) is 5.65. The number of benzene rings is 1. The van der Waals surface area contributed by atoms with Crippen LogP contribution in [0.3, 0.4) is 0 Å². The first-order valence-electron chi connectivity index (χ1n) is 2.91. The minimum Gasteiger partial charge on any atom is -0.211 e. The topological polar surface area (TPSA) is 29.4 Å². The van der Waals surface area contributed by atoms with Gasteiger partial charge in [-0.05, 0) is 24.3 Å². The summed E-state index contributed by atoms with van der Waals surface area (Å²) < 4.78 is 0. The zero-order valence-corrected chi connectivity index (χ0v) is 7.62. The van der Waals surface area contributed by atoms with Crippen molar-refractivity contribution in [2.75, 3.05) is 0 Å². The summed E-state index contributed by atoms with van der Waals surface area (Å²) in [6.07, 6.45) is 1.48. The predicted octanol–water partition coefficient (Wildman–Crippen LogP) is 2.54. The van der Waals surface area contributed by atoms with Gasteiger partial charge in [0.2, 0.25) is 6.08 Å². The van der Waals surface area contributed by atoms with Crippen LogP contribution in [0.1, 0.15) is 0 Å². The van der Waals surface area contributed by atoms with E-state index in [-0.39, 0.29) is 0 Å². The van der Waals surface area contributed by atoms with Crippen LogP contribution in [0.4, 0.5) is 5.69 Å². The third-order valence-corrected chi connectivity index (χ3v) is 2.51. The molecule has 1 aromatic rings. The van der Waals surface area contributed by atoms with Crippen LogP contribution < -0.4 is 0 Å². The molecular formula is C7H6NOPS. The third kappa shape index (κ3) is 2.47. The number of hydrogen-bond acceptors (Lipinski definition) is 3. The van der Waals surface area contributed by atoms with Gasteiger partial charge in [0.1, 0.15) is 0 Å². The van der Waals surface area contributed by atoms with E-state index >= 15 is 0 Å². The maximum absolute atomic E-state index is 9.83. The molecule has 0 aliphatic rings. The molecule has 0 heterocycles. The lowest BCUT2D eigenvalue weighted by atomic mass is 10.3. The lowest BCUT2D eigenvalue weighted by Crippen LogP contribution is -1.65. The number of rotatable bonds is 2. The molecule has 1 unspecified atom stereocenters. The highest BCUT2D eigenvalue weighted by atomic mass is 32.7. The quantitative estimate of drug-likeness (QED) is 0.400. The fraction of sp³-hybridized carbons (Fsp3) is 0. The molecule has 56 valence electrons. The van der Waals surface area contributed by atoms with Gasteiger partial charge in [-0.1, -0.05) is 8.44 Å². The van der Waals surface area contributed by atoms with Crippen LogP contribution in [-0.2, 0) is 4.79 Å². The second-order valence-electron chi connectivity index (χ2n) is 1.81. The molecule has 0 spiro atoms. The lowest BCUT2D eigenvalue weighted by molar-refractivity contribution is 0.565. The van der Waals surface area contributed by atoms with E-state index in [2.05, 4.69) is 13.4 Å². The fourth-order valence-corrected chi connectivity index (χ4v) is 1.42. The van der Waals surface area contributed by atoms with E-state index in [1.165, 1.54) is 6.08 Å². The molecule has 0 radical (unpaired) electrons. The maximum atomic E-state index is 9.83. The van der Waals surface area contributed by atoms with Gasteiger partial charge in [0.05, 0.1) is 5.69 Å². The summed E-state index contributed by atoms with van der Waals surface area (Å²) in [6.45, 7) is 0. The van der Waals surface area contributed by atoms with Crippen molar-refractivity contribution in [2.24, 2.45) is 4.99 Å². The van der Waals surface area contributed by atoms with Crippen molar-refractivity contribution in [1.82, 2.24) is 0 Å². The molecule has 4 heteroatoms. The molecule has 0 saturated carbocycles. The first-order chi connectivity index (χ1) is 5.36. The summed E-state index contributed by atoms with van der Waals surface area (Å²) in [5.41, 5.74) is 0.641. The normalized spacial score (nSPS) is 8.82. The van der Waals surface area contributed by atoms with Crippen molar-refractivity contribution in [3.05, 3.63) is 24.3 Å². The summed E-state index contributed by atoms with van der Waals surface area (Å²) in [5.74, 6) is 0. The Morgan fingerprint density at radius 3 is 2.45 bits per heavy atom. The van der Waals surface area contributed by atoms with Crippen molar-refractivity contribution in [3.63, 3.8) is 0 Å². The number of nitrogens with zero attached hydrogens (tertiary/aromatic N) is 1. The summed E-state index contributed by atoms with van der Waals surface area (Å²) in [5, 5.41) is 0. The minimum absolute atomic E-state index is 0.641. The molecule has 0 aliphatic heterocycles. The molecule has 1 aromatic carbocycles. The van der Waals surface area contributed by atoms with E-state index in [4.69, 9.17) is 0 Å². The van der Waals surface area contributed by atoms with Gasteiger partial charge in [0, 0.05) is 4.90 Å². The Bertz CT molecular complexity index is 279. The summed E-state index contributed by atoms with van der Waals surface area (Å²) >= 11 is 1.57. The van der Waals surface area contributed by atoms with Gasteiger partial charge in [-0.25, -0.2) is 4.79 Å². The minimum atomic E-state index is 0.641. The molecule has 1 rings (SSSR count). The second-order valence-corrected chi connectivity index (χ2v) is 3.23. The highest BCUT2D eigenvalue weighted by Gasteiger charge is 1.89. The van der Waals surface area contributed by atoms with Crippen molar-refractivity contribution in [1.29, 1.82) is 0 Å². The van der Waals surface area contributed by atoms with Gasteiger partial charge in [-0.2, -0.15) is 4.99 Å². The number of aliphatic imine (C=N–C) groups is 1. The van der Waals surface area contributed by atoms with Gasteiger partial charge < -0.3 is 0 Å². The Labute approximate surface area is 71.1 Å². The van der Waals surface area contributed by atoms with E-state index in [1.54, 1.807) is 23.5 Å². The second kappa shape index (κ2) is 4.30. The standard InChI is InChI=1S/C7H6NOPS/c9-5-8-6-1-3-7(11-10)4-2-6/h1-4H,10H2. The van der Waals surface area contributed by atoms with Crippen molar-refractivity contribution < 1.29 is 4.79 Å². The lowest BCUT2D eigenvalue weighted by Gasteiger charge is -1.93. The average Bonchev–Trinajstić information content (AvgIpc) is 2.07. The highest BCUT2D eigenvalue weighted by Crippen LogP contribution is 2.25. The Kier molecular flexibility index (Phi) is 3.31. The predicted molar refractivity (Wildman–Crippen MR) is 49.8 cm³/mol. The molecule has 0 N–H and O–H groups in total. The van der Waals surface area contributed by atoms with E-state index < -0.39 is 0 Å². The molecule has 0 saturated heterocycles. The van der Waals surface area contributed by atoms with Crippen LogP contribution in [0.5, 0.6) is 0 Å². The molecule has 0 aromatic heterocycles. The van der Waals surface area contributed by atoms with Crippen LogP contribution in [0.25, 0.3) is 0 Å². The number of carbonyl (C=O) groups excluding carboxylic acids is 1. The van der Waals surface area contributed by atoms with E-state index in [9.17, 15) is 4.79 Å². The van der Waals surface area contributed by atoms with Crippen molar-refractivity contribution in [3.8, 4) is 0 Å². The average molecular weight is 183 g/mol. The number of isocyanates is 1. The fourth-order valence-electron chi connectivity index (χ4n) is 0.652. The Morgan fingerprint density at radius 2 is 2.00 bits per heavy atom. The van der Waals surface area contributed by atoms with E-state index in [0.717, 1.165) is 4.90 Å². The number of hydrogen-bond donors (Lipinski definition) is 0. The van der Waals surface area contributed by atoms with Crippen LogP contribution >= 0.6 is 19.8 Å². The largest absolute Gasteiger partial charge is 0.240 e. The van der Waals surface area contributed by atoms with Gasteiger partial charge in [0.15, 0.2) is 0 Å². The summed E-state index contributed by atoms with van der Waals surface area (Å²) in [6, 6.07) is 7.34. The molecule has 1 atom stereocenters. The smallest absolute Gasteiger partial charge is 0.211 e. The first-order valence-corrected chi connectivity index (χ1v) is 5.21. The third-order valence-electron chi connectivity index (χ3n) is 1.15. The Balaban J connectivity index is 2.91. The first kappa shape index (κ1) is 8.48. The Hall–Kier alpha value is -0.620. The van der Waals surface area contributed by atoms with Crippen molar-refractivity contribution >= 4 is 31.6 Å². The van der Waals surface area contributed by atoms with Crippen molar-refractivity contribution in [2.45, 2.75) is 4.90 Å².